The first-order chi connectivity index (χ1) is 14.8. The Morgan fingerprint density at radius 3 is 0.700 bits per heavy atom. The van der Waals surface area contributed by atoms with E-state index >= 15 is 0 Å². The third kappa shape index (κ3) is 3.01. The molecule has 0 saturated carbocycles. The van der Waals surface area contributed by atoms with Crippen LogP contribution < -0.4 is 0 Å². The van der Waals surface area contributed by atoms with Crippen LogP contribution >= 0.6 is 22.5 Å². The first-order valence-corrected chi connectivity index (χ1v) is 17.0. The summed E-state index contributed by atoms with van der Waals surface area (Å²) in [5, 5.41) is 0. The zero-order valence-corrected chi connectivity index (χ0v) is 20.8. The first kappa shape index (κ1) is 19.9. The van der Waals surface area contributed by atoms with Crippen molar-refractivity contribution in [3.05, 3.63) is 0 Å². The minimum atomic E-state index is -2.02. The van der Waals surface area contributed by atoms with Crippen LogP contribution in [0.4, 0.5) is 0 Å². The van der Waals surface area contributed by atoms with E-state index in [1.54, 1.807) is 0 Å². The zero-order valence-electron chi connectivity index (χ0n) is 18.1. The van der Waals surface area contributed by atoms with Crippen LogP contribution in [-0.4, -0.2) is 107 Å². The molecule has 0 atom stereocenters. The Kier molecular flexibility index (Phi) is 4.79. The summed E-state index contributed by atoms with van der Waals surface area (Å²) in [7, 11) is -6.06. The highest BCUT2D eigenvalue weighted by atomic mass is 31.3. The summed E-state index contributed by atoms with van der Waals surface area (Å²) in [5.41, 5.74) is 0. The van der Waals surface area contributed by atoms with Crippen LogP contribution in [0.1, 0.15) is 38.5 Å². The van der Waals surface area contributed by atoms with E-state index in [4.69, 9.17) is 13.5 Å². The molecule has 0 radical (unpaired) electrons. The average Bonchev–Trinajstić information content (AvgIpc) is 3.75. The van der Waals surface area contributed by atoms with Gasteiger partial charge in [-0.15, -0.1) is 0 Å². The summed E-state index contributed by atoms with van der Waals surface area (Å²) in [6.07, 6.45) is 7.89. The van der Waals surface area contributed by atoms with Gasteiger partial charge in [0.2, 0.25) is 22.5 Å². The second-order valence-corrected chi connectivity index (χ2v) is 18.5. The third-order valence-electron chi connectivity index (χ3n) is 7.52. The van der Waals surface area contributed by atoms with Gasteiger partial charge in [0.05, 0.1) is 0 Å². The van der Waals surface area contributed by atoms with E-state index < -0.39 is 22.5 Å². The molecular weight excluding hydrogens is 435 g/mol. The van der Waals surface area contributed by atoms with E-state index in [0.717, 1.165) is 0 Å². The predicted octanol–water partition coefficient (Wildman–Crippen LogP) is 4.07. The molecule has 7 aliphatic rings. The molecule has 0 bridgehead atoms. The van der Waals surface area contributed by atoms with E-state index in [-0.39, 0.29) is 0 Å². The molecule has 0 spiro atoms. The van der Waals surface area contributed by atoms with Crippen molar-refractivity contribution in [2.24, 2.45) is 13.5 Å². The normalized spacial score (nSPS) is 46.0. The lowest BCUT2D eigenvalue weighted by Crippen LogP contribution is -2.28. The SMILES string of the molecule is C1CCN(P2(N3CC3)=NP(N3CCCC3)(N3CC3)=NP(N3CCCC3)(N3CC3)=N2)C1. The maximum Gasteiger partial charge on any atom is 0.221 e. The van der Waals surface area contributed by atoms with Gasteiger partial charge < -0.3 is 0 Å². The van der Waals surface area contributed by atoms with E-state index in [1.807, 2.05) is 0 Å². The van der Waals surface area contributed by atoms with Crippen molar-refractivity contribution < 1.29 is 0 Å². The fourth-order valence-corrected chi connectivity index (χ4v) is 21.7. The van der Waals surface area contributed by atoms with Crippen LogP contribution in [0.15, 0.2) is 13.5 Å². The molecule has 9 nitrogen and oxygen atoms in total. The molecule has 7 aliphatic heterocycles. The maximum atomic E-state index is 5.98. The molecule has 0 amide bonds. The van der Waals surface area contributed by atoms with E-state index in [0.29, 0.717) is 0 Å². The summed E-state index contributed by atoms with van der Waals surface area (Å²) >= 11 is 0. The van der Waals surface area contributed by atoms with Gasteiger partial charge in [-0.2, -0.15) is 13.5 Å². The van der Waals surface area contributed by atoms with Gasteiger partial charge in [0, 0.05) is 78.5 Å². The Hall–Kier alpha value is 0.450. The van der Waals surface area contributed by atoms with Crippen LogP contribution in [0.25, 0.3) is 0 Å². The van der Waals surface area contributed by atoms with Gasteiger partial charge in [0.1, 0.15) is 0 Å². The van der Waals surface area contributed by atoms with Crippen molar-refractivity contribution >= 4 is 22.5 Å². The summed E-state index contributed by atoms with van der Waals surface area (Å²) in [6.45, 7) is 14.3. The Bertz CT molecular complexity index is 743. The van der Waals surface area contributed by atoms with Crippen molar-refractivity contribution in [1.29, 1.82) is 0 Å². The maximum absolute atomic E-state index is 5.98. The molecule has 12 heteroatoms. The molecule has 30 heavy (non-hydrogen) atoms. The fourth-order valence-electron chi connectivity index (χ4n) is 5.60. The second-order valence-electron chi connectivity index (χ2n) is 9.72. The molecule has 168 valence electrons. The summed E-state index contributed by atoms with van der Waals surface area (Å²) in [6, 6.07) is 0. The Morgan fingerprint density at radius 2 is 0.500 bits per heavy atom. The molecule has 6 fully saturated rings. The average molecular weight is 471 g/mol. The molecule has 0 N–H and O–H groups in total. The van der Waals surface area contributed by atoms with E-state index in [2.05, 4.69) is 28.0 Å². The lowest BCUT2D eigenvalue weighted by molar-refractivity contribution is 0.508. The first-order valence-electron chi connectivity index (χ1n) is 12.2. The predicted molar refractivity (Wildman–Crippen MR) is 125 cm³/mol. The monoisotopic (exact) mass is 471 g/mol. The second kappa shape index (κ2) is 7.22. The number of hydrogen-bond donors (Lipinski definition) is 0. The minimum absolute atomic E-state index is 1.19. The molecule has 0 unspecified atom stereocenters. The van der Waals surface area contributed by atoms with Gasteiger partial charge in [0.15, 0.2) is 0 Å². The van der Waals surface area contributed by atoms with E-state index in [1.165, 1.54) is 117 Å². The standard InChI is InChI=1S/C18H36N9P3/c1-2-8-22(7-1)28(25-13-14-25)19-29(26-15-16-26,23-9-3-4-10-23)21-30(20-28,27-17-18-27)24-11-5-6-12-24/h1-18H2. The quantitative estimate of drug-likeness (QED) is 0.430. The molecule has 0 aliphatic carbocycles. The summed E-state index contributed by atoms with van der Waals surface area (Å²) in [5.74, 6) is 0. The minimum Gasteiger partial charge on any atom is -0.240 e. The fraction of sp³-hybridized carbons (Fsp3) is 1.00. The highest BCUT2D eigenvalue weighted by molar-refractivity contribution is 7.83. The van der Waals surface area contributed by atoms with Crippen LogP contribution in [0.3, 0.4) is 0 Å². The largest absolute Gasteiger partial charge is 0.240 e. The lowest BCUT2D eigenvalue weighted by atomic mass is 10.4. The molecule has 7 rings (SSSR count). The molecule has 0 aromatic heterocycles. The van der Waals surface area contributed by atoms with Gasteiger partial charge in [0.25, 0.3) is 0 Å². The van der Waals surface area contributed by atoms with Gasteiger partial charge in [-0.3, -0.25) is 0 Å². The Labute approximate surface area is 181 Å². The molecular formula is C18H36N9P3. The van der Waals surface area contributed by atoms with E-state index in [9.17, 15) is 0 Å². The van der Waals surface area contributed by atoms with Crippen molar-refractivity contribution in [2.75, 3.05) is 78.5 Å². The van der Waals surface area contributed by atoms with Crippen molar-refractivity contribution in [3.63, 3.8) is 0 Å². The summed E-state index contributed by atoms with van der Waals surface area (Å²) < 4.78 is 34.3. The van der Waals surface area contributed by atoms with Crippen molar-refractivity contribution in [2.45, 2.75) is 38.5 Å². The van der Waals surface area contributed by atoms with Gasteiger partial charge in [-0.1, -0.05) is 0 Å². The molecule has 0 aromatic carbocycles. The van der Waals surface area contributed by atoms with Crippen LogP contribution in [0, 0.1) is 0 Å². The van der Waals surface area contributed by atoms with Crippen molar-refractivity contribution in [1.82, 2.24) is 28.0 Å². The van der Waals surface area contributed by atoms with Gasteiger partial charge in [-0.05, 0) is 38.5 Å². The zero-order chi connectivity index (χ0) is 19.8. The highest BCUT2D eigenvalue weighted by Gasteiger charge is 2.57. The smallest absolute Gasteiger partial charge is 0.221 e. The van der Waals surface area contributed by atoms with Crippen LogP contribution in [-0.2, 0) is 0 Å². The third-order valence-corrected chi connectivity index (χ3v) is 20.2. The van der Waals surface area contributed by atoms with Gasteiger partial charge >= 0.3 is 0 Å². The Balaban J connectivity index is 1.51. The lowest BCUT2D eigenvalue weighted by Gasteiger charge is -2.45. The highest BCUT2D eigenvalue weighted by Crippen LogP contribution is 2.86. The number of nitrogens with zero attached hydrogens (tertiary/aromatic N) is 9. The van der Waals surface area contributed by atoms with Crippen LogP contribution in [0.2, 0.25) is 0 Å². The molecule has 6 saturated heterocycles. The topological polar surface area (TPSA) is 55.8 Å². The summed E-state index contributed by atoms with van der Waals surface area (Å²) in [4.78, 5) is 0. The Morgan fingerprint density at radius 1 is 0.300 bits per heavy atom. The number of hydrogen-bond acceptors (Lipinski definition) is 9. The van der Waals surface area contributed by atoms with Crippen molar-refractivity contribution in [3.8, 4) is 0 Å². The van der Waals surface area contributed by atoms with Crippen LogP contribution in [0.5, 0.6) is 0 Å². The van der Waals surface area contributed by atoms with Gasteiger partial charge in [-0.25, -0.2) is 28.0 Å². The number of rotatable bonds is 6. The molecule has 7 heterocycles. The molecule has 0 aromatic rings.